The summed E-state index contributed by atoms with van der Waals surface area (Å²) < 4.78 is 6.85. The molecule has 8 heteroatoms. The lowest BCUT2D eigenvalue weighted by molar-refractivity contribution is -0.118. The third-order valence-corrected chi connectivity index (χ3v) is 3.11. The van der Waals surface area contributed by atoms with Gasteiger partial charge in [0.15, 0.2) is 5.69 Å². The lowest BCUT2D eigenvalue weighted by atomic mass is 10.1. The first kappa shape index (κ1) is 15.5. The summed E-state index contributed by atoms with van der Waals surface area (Å²) >= 11 is 0. The van der Waals surface area contributed by atoms with E-state index in [1.165, 1.54) is 0 Å². The van der Waals surface area contributed by atoms with E-state index in [0.717, 1.165) is 15.8 Å². The third kappa shape index (κ3) is 3.22. The predicted molar refractivity (Wildman–Crippen MR) is 76.4 cm³/mol. The van der Waals surface area contributed by atoms with Gasteiger partial charge in [0, 0.05) is 0 Å². The van der Waals surface area contributed by atoms with E-state index >= 15 is 0 Å². The van der Waals surface area contributed by atoms with Crippen LogP contribution in [0.4, 0.5) is 0 Å². The van der Waals surface area contributed by atoms with E-state index in [-0.39, 0.29) is 24.5 Å². The maximum absolute atomic E-state index is 11.2. The number of hydrogen-bond donors (Lipinski definition) is 2. The van der Waals surface area contributed by atoms with Gasteiger partial charge in [-0.1, -0.05) is 23.4 Å². The number of hydrogen-bond acceptors (Lipinski definition) is 5. The van der Waals surface area contributed by atoms with Crippen molar-refractivity contribution in [2.75, 3.05) is 0 Å². The SMILES string of the molecule is Cc1cccc(C)c1OCc1c(C(=O)O)nnn1CC(N)=O. The van der Waals surface area contributed by atoms with Gasteiger partial charge in [-0.05, 0) is 25.0 Å². The molecule has 0 atom stereocenters. The van der Waals surface area contributed by atoms with Crippen molar-refractivity contribution in [3.63, 3.8) is 0 Å². The summed E-state index contributed by atoms with van der Waals surface area (Å²) in [5, 5.41) is 16.3. The molecule has 1 aromatic heterocycles. The topological polar surface area (TPSA) is 120 Å². The molecule has 1 heterocycles. The van der Waals surface area contributed by atoms with Gasteiger partial charge in [-0.25, -0.2) is 9.48 Å². The van der Waals surface area contributed by atoms with Crippen molar-refractivity contribution in [3.8, 4) is 5.75 Å². The van der Waals surface area contributed by atoms with E-state index in [1.54, 1.807) is 0 Å². The average molecular weight is 304 g/mol. The van der Waals surface area contributed by atoms with Crippen molar-refractivity contribution in [1.29, 1.82) is 0 Å². The van der Waals surface area contributed by atoms with Crippen LogP contribution >= 0.6 is 0 Å². The maximum atomic E-state index is 11.2. The number of nitrogens with zero attached hydrogens (tertiary/aromatic N) is 3. The van der Waals surface area contributed by atoms with Crippen LogP contribution in [0.25, 0.3) is 0 Å². The standard InChI is InChI=1S/C14H16N4O4/c1-8-4-3-5-9(2)13(8)22-7-10-12(14(20)21)16-17-18(10)6-11(15)19/h3-5H,6-7H2,1-2H3,(H2,15,19)(H,20,21). The van der Waals surface area contributed by atoms with Crippen LogP contribution in [0.15, 0.2) is 18.2 Å². The second-order valence-corrected chi connectivity index (χ2v) is 4.82. The molecule has 0 unspecified atom stereocenters. The number of carboxylic acid groups (broad SMARTS) is 1. The van der Waals surface area contributed by atoms with Crippen LogP contribution in [0, 0.1) is 13.8 Å². The van der Waals surface area contributed by atoms with Crippen molar-refractivity contribution in [2.24, 2.45) is 5.73 Å². The van der Waals surface area contributed by atoms with E-state index in [1.807, 2.05) is 32.0 Å². The quantitative estimate of drug-likeness (QED) is 0.808. The highest BCUT2D eigenvalue weighted by Crippen LogP contribution is 2.23. The van der Waals surface area contributed by atoms with Gasteiger partial charge in [-0.15, -0.1) is 5.10 Å². The summed E-state index contributed by atoms with van der Waals surface area (Å²) in [6, 6.07) is 5.68. The minimum Gasteiger partial charge on any atom is -0.487 e. The molecule has 2 rings (SSSR count). The van der Waals surface area contributed by atoms with Gasteiger partial charge in [0.2, 0.25) is 5.91 Å². The highest BCUT2D eigenvalue weighted by Gasteiger charge is 2.21. The Labute approximate surface area is 126 Å². The minimum absolute atomic E-state index is 0.0758. The molecule has 8 nitrogen and oxygen atoms in total. The van der Waals surface area contributed by atoms with Crippen molar-refractivity contribution in [2.45, 2.75) is 27.0 Å². The van der Waals surface area contributed by atoms with Crippen LogP contribution in [0.5, 0.6) is 5.75 Å². The molecule has 116 valence electrons. The Balaban J connectivity index is 2.30. The molecular formula is C14H16N4O4. The number of ether oxygens (including phenoxy) is 1. The molecule has 0 saturated heterocycles. The number of primary amides is 1. The number of benzene rings is 1. The molecule has 3 N–H and O–H groups in total. The highest BCUT2D eigenvalue weighted by molar-refractivity contribution is 5.86. The lowest BCUT2D eigenvalue weighted by Crippen LogP contribution is -2.22. The number of carbonyl (C=O) groups is 2. The second-order valence-electron chi connectivity index (χ2n) is 4.82. The molecule has 0 fully saturated rings. The number of amides is 1. The summed E-state index contributed by atoms with van der Waals surface area (Å²) in [4.78, 5) is 22.2. The Hall–Kier alpha value is -2.90. The maximum Gasteiger partial charge on any atom is 0.358 e. The molecule has 0 aliphatic heterocycles. The Morgan fingerprint density at radius 1 is 1.32 bits per heavy atom. The third-order valence-electron chi connectivity index (χ3n) is 3.11. The van der Waals surface area contributed by atoms with Gasteiger partial charge in [0.05, 0.1) is 0 Å². The van der Waals surface area contributed by atoms with Gasteiger partial charge < -0.3 is 15.6 Å². The van der Waals surface area contributed by atoms with Gasteiger partial charge in [0.1, 0.15) is 24.6 Å². The van der Waals surface area contributed by atoms with Crippen molar-refractivity contribution < 1.29 is 19.4 Å². The number of para-hydroxylation sites is 1. The van der Waals surface area contributed by atoms with Crippen LogP contribution < -0.4 is 10.5 Å². The van der Waals surface area contributed by atoms with Crippen LogP contribution in [-0.2, 0) is 17.9 Å². The van der Waals surface area contributed by atoms with Crippen molar-refractivity contribution in [3.05, 3.63) is 40.7 Å². The fraction of sp³-hybridized carbons (Fsp3) is 0.286. The molecular weight excluding hydrogens is 288 g/mol. The lowest BCUT2D eigenvalue weighted by Gasteiger charge is -2.12. The van der Waals surface area contributed by atoms with Crippen LogP contribution in [0.1, 0.15) is 27.3 Å². The van der Waals surface area contributed by atoms with Crippen molar-refractivity contribution in [1.82, 2.24) is 15.0 Å². The zero-order chi connectivity index (χ0) is 16.3. The van der Waals surface area contributed by atoms with Crippen molar-refractivity contribution >= 4 is 11.9 Å². The normalized spacial score (nSPS) is 10.5. The fourth-order valence-corrected chi connectivity index (χ4v) is 2.08. The number of carbonyl (C=O) groups excluding carboxylic acids is 1. The highest BCUT2D eigenvalue weighted by atomic mass is 16.5. The number of aromatic carboxylic acids is 1. The molecule has 0 aliphatic rings. The monoisotopic (exact) mass is 304 g/mol. The Kier molecular flexibility index (Phi) is 4.40. The Morgan fingerprint density at radius 3 is 2.50 bits per heavy atom. The van der Waals surface area contributed by atoms with E-state index < -0.39 is 11.9 Å². The average Bonchev–Trinajstić information content (AvgIpc) is 2.80. The van der Waals surface area contributed by atoms with Gasteiger partial charge in [-0.2, -0.15) is 0 Å². The first-order valence-electron chi connectivity index (χ1n) is 6.53. The van der Waals surface area contributed by atoms with Gasteiger partial charge in [-0.3, -0.25) is 4.79 Å². The molecule has 1 aromatic carbocycles. The van der Waals surface area contributed by atoms with E-state index in [2.05, 4.69) is 10.3 Å². The molecule has 0 radical (unpaired) electrons. The van der Waals surface area contributed by atoms with E-state index in [4.69, 9.17) is 15.6 Å². The number of aromatic nitrogens is 3. The summed E-state index contributed by atoms with van der Waals surface area (Å²) in [5.74, 6) is -1.23. The van der Waals surface area contributed by atoms with E-state index in [0.29, 0.717) is 5.75 Å². The first-order valence-corrected chi connectivity index (χ1v) is 6.53. The number of aryl methyl sites for hydroxylation is 2. The van der Waals surface area contributed by atoms with Crippen LogP contribution in [0.2, 0.25) is 0 Å². The van der Waals surface area contributed by atoms with Gasteiger partial charge in [0.25, 0.3) is 0 Å². The zero-order valence-corrected chi connectivity index (χ0v) is 12.2. The summed E-state index contributed by atoms with van der Waals surface area (Å²) in [6.07, 6.45) is 0. The zero-order valence-electron chi connectivity index (χ0n) is 12.2. The minimum atomic E-state index is -1.24. The molecule has 2 aromatic rings. The molecule has 0 spiro atoms. The number of rotatable bonds is 6. The van der Waals surface area contributed by atoms with Gasteiger partial charge >= 0.3 is 5.97 Å². The molecule has 0 bridgehead atoms. The fourth-order valence-electron chi connectivity index (χ4n) is 2.08. The summed E-state index contributed by atoms with van der Waals surface area (Å²) in [7, 11) is 0. The predicted octanol–water partition coefficient (Wildman–Crippen LogP) is 0.657. The van der Waals surface area contributed by atoms with Crippen LogP contribution in [0.3, 0.4) is 0 Å². The summed E-state index contributed by atoms with van der Waals surface area (Å²) in [5.41, 5.74) is 6.89. The summed E-state index contributed by atoms with van der Waals surface area (Å²) in [6.45, 7) is 3.44. The Morgan fingerprint density at radius 2 is 1.95 bits per heavy atom. The smallest absolute Gasteiger partial charge is 0.358 e. The Bertz CT molecular complexity index is 703. The van der Waals surface area contributed by atoms with E-state index in [9.17, 15) is 9.59 Å². The largest absolute Gasteiger partial charge is 0.487 e. The molecule has 1 amide bonds. The first-order chi connectivity index (χ1) is 10.4. The molecule has 0 aliphatic carbocycles. The van der Waals surface area contributed by atoms with Crippen LogP contribution in [-0.4, -0.2) is 32.0 Å². The second kappa shape index (κ2) is 6.25. The molecule has 0 saturated carbocycles. The number of nitrogens with two attached hydrogens (primary N) is 1. The number of carboxylic acids is 1. The molecule has 22 heavy (non-hydrogen) atoms.